The highest BCUT2D eigenvalue weighted by Crippen LogP contribution is 2.33. The third kappa shape index (κ3) is 2.50. The minimum atomic E-state index is -0.0442. The molecule has 0 aliphatic heterocycles. The van der Waals surface area contributed by atoms with E-state index in [1.807, 2.05) is 6.92 Å². The molecule has 1 aliphatic rings. The maximum Gasteiger partial charge on any atom is 0.293 e. The van der Waals surface area contributed by atoms with Gasteiger partial charge in [0.15, 0.2) is 5.82 Å². The van der Waals surface area contributed by atoms with Crippen molar-refractivity contribution in [3.63, 3.8) is 0 Å². The monoisotopic (exact) mass is 227 g/mol. The van der Waals surface area contributed by atoms with Crippen LogP contribution in [-0.2, 0) is 0 Å². The van der Waals surface area contributed by atoms with E-state index >= 15 is 0 Å². The molecule has 1 aromatic rings. The Morgan fingerprint density at radius 1 is 1.73 bits per heavy atom. The largest absolute Gasteiger partial charge is 0.364 e. The first-order chi connectivity index (χ1) is 7.18. The number of halogens is 1. The summed E-state index contributed by atoms with van der Waals surface area (Å²) in [5, 5.41) is 2.95. The van der Waals surface area contributed by atoms with E-state index in [4.69, 9.17) is 11.6 Å². The van der Waals surface area contributed by atoms with Crippen LogP contribution >= 0.6 is 11.6 Å². The number of hydrogen-bond donors (Lipinski definition) is 1. The molecule has 1 unspecified atom stereocenters. The summed E-state index contributed by atoms with van der Waals surface area (Å²) in [7, 11) is 0. The van der Waals surface area contributed by atoms with E-state index in [-0.39, 0.29) is 10.9 Å². The second-order valence-electron chi connectivity index (χ2n) is 3.88. The van der Waals surface area contributed by atoms with Crippen LogP contribution < -0.4 is 10.9 Å². The van der Waals surface area contributed by atoms with E-state index < -0.39 is 0 Å². The van der Waals surface area contributed by atoms with Gasteiger partial charge >= 0.3 is 0 Å². The third-order valence-corrected chi connectivity index (χ3v) is 2.51. The highest BCUT2D eigenvalue weighted by atomic mass is 35.5. The summed E-state index contributed by atoms with van der Waals surface area (Å²) in [5.74, 6) is 0.400. The van der Waals surface area contributed by atoms with Crippen LogP contribution in [0.15, 0.2) is 17.2 Å². The molecule has 1 atom stereocenters. The average Bonchev–Trinajstić information content (AvgIpc) is 2.99. The smallest absolute Gasteiger partial charge is 0.293 e. The lowest BCUT2D eigenvalue weighted by molar-refractivity contribution is 0.699. The fraction of sp³-hybridized carbons (Fsp3) is 0.600. The van der Waals surface area contributed by atoms with Crippen molar-refractivity contribution in [1.29, 1.82) is 0 Å². The molecule has 4 nitrogen and oxygen atoms in total. The van der Waals surface area contributed by atoms with Crippen LogP contribution in [0.3, 0.4) is 0 Å². The Balaban J connectivity index is 2.16. The summed E-state index contributed by atoms with van der Waals surface area (Å²) in [6, 6.07) is 0.384. The van der Waals surface area contributed by atoms with E-state index in [1.54, 1.807) is 17.0 Å². The van der Waals surface area contributed by atoms with Gasteiger partial charge in [-0.05, 0) is 19.8 Å². The molecule has 0 spiro atoms. The Hall–Kier alpha value is -1.03. The molecule has 0 aromatic carbocycles. The molecule has 0 saturated heterocycles. The average molecular weight is 228 g/mol. The number of nitrogens with zero attached hydrogens (tertiary/aromatic N) is 2. The Kier molecular flexibility index (Phi) is 2.95. The van der Waals surface area contributed by atoms with E-state index in [9.17, 15) is 4.79 Å². The number of anilines is 1. The normalized spacial score (nSPS) is 17.5. The van der Waals surface area contributed by atoms with Gasteiger partial charge in [-0.2, -0.15) is 0 Å². The zero-order valence-corrected chi connectivity index (χ0v) is 9.37. The summed E-state index contributed by atoms with van der Waals surface area (Å²) in [6.07, 6.45) is 5.58. The van der Waals surface area contributed by atoms with E-state index in [2.05, 4.69) is 10.3 Å². The standard InChI is InChI=1S/C10H14ClN3O/c1-7(11)6-13-9-10(15)14(5-4-12-9)8-2-3-8/h4-5,7-8H,2-3,6H2,1H3,(H,12,13). The fourth-order valence-electron chi connectivity index (χ4n) is 1.42. The second-order valence-corrected chi connectivity index (χ2v) is 4.63. The second kappa shape index (κ2) is 4.23. The van der Waals surface area contributed by atoms with Crippen molar-refractivity contribution in [3.05, 3.63) is 22.7 Å². The van der Waals surface area contributed by atoms with Crippen LogP contribution in [0.1, 0.15) is 25.8 Å². The number of aromatic nitrogens is 2. The van der Waals surface area contributed by atoms with Crippen LogP contribution in [0, 0.1) is 0 Å². The van der Waals surface area contributed by atoms with Crippen LogP contribution in [0.5, 0.6) is 0 Å². The van der Waals surface area contributed by atoms with Gasteiger partial charge < -0.3 is 9.88 Å². The Morgan fingerprint density at radius 2 is 2.47 bits per heavy atom. The van der Waals surface area contributed by atoms with Gasteiger partial charge in [-0.15, -0.1) is 11.6 Å². The van der Waals surface area contributed by atoms with Gasteiger partial charge in [-0.1, -0.05) is 0 Å². The summed E-state index contributed by atoms with van der Waals surface area (Å²) >= 11 is 5.80. The van der Waals surface area contributed by atoms with Crippen LogP contribution in [0.25, 0.3) is 0 Å². The fourth-order valence-corrected chi connectivity index (χ4v) is 1.50. The SMILES string of the molecule is CC(Cl)CNc1nccn(C2CC2)c1=O. The lowest BCUT2D eigenvalue weighted by Crippen LogP contribution is -2.25. The first-order valence-electron chi connectivity index (χ1n) is 5.13. The molecule has 1 saturated carbocycles. The van der Waals surface area contributed by atoms with Crippen LogP contribution in [-0.4, -0.2) is 21.5 Å². The van der Waals surface area contributed by atoms with Crippen molar-refractivity contribution in [3.8, 4) is 0 Å². The molecule has 15 heavy (non-hydrogen) atoms. The molecule has 0 amide bonds. The maximum absolute atomic E-state index is 11.9. The number of alkyl halides is 1. The van der Waals surface area contributed by atoms with Gasteiger partial charge in [0.25, 0.3) is 5.56 Å². The summed E-state index contributed by atoms with van der Waals surface area (Å²) < 4.78 is 1.74. The Labute approximate surface area is 93.3 Å². The van der Waals surface area contributed by atoms with Crippen molar-refractivity contribution in [2.75, 3.05) is 11.9 Å². The van der Waals surface area contributed by atoms with E-state index in [1.165, 1.54) is 0 Å². The summed E-state index contributed by atoms with van der Waals surface area (Å²) in [6.45, 7) is 2.43. The van der Waals surface area contributed by atoms with Crippen molar-refractivity contribution < 1.29 is 0 Å². The maximum atomic E-state index is 11.9. The molecule has 5 heteroatoms. The first-order valence-corrected chi connectivity index (χ1v) is 5.57. The van der Waals surface area contributed by atoms with Gasteiger partial charge in [-0.3, -0.25) is 4.79 Å². The van der Waals surface area contributed by atoms with Crippen molar-refractivity contribution in [2.45, 2.75) is 31.2 Å². The van der Waals surface area contributed by atoms with Gasteiger partial charge in [-0.25, -0.2) is 4.98 Å². The topological polar surface area (TPSA) is 46.9 Å². The van der Waals surface area contributed by atoms with Gasteiger partial charge in [0, 0.05) is 30.4 Å². The van der Waals surface area contributed by atoms with Gasteiger partial charge in [0.2, 0.25) is 0 Å². The van der Waals surface area contributed by atoms with Crippen molar-refractivity contribution >= 4 is 17.4 Å². The predicted molar refractivity (Wildman–Crippen MR) is 60.6 cm³/mol. The zero-order chi connectivity index (χ0) is 10.8. The van der Waals surface area contributed by atoms with Gasteiger partial charge in [0.1, 0.15) is 0 Å². The molecular weight excluding hydrogens is 214 g/mol. The number of nitrogens with one attached hydrogen (secondary N) is 1. The highest BCUT2D eigenvalue weighted by Gasteiger charge is 2.25. The molecular formula is C10H14ClN3O. The molecule has 82 valence electrons. The molecule has 0 radical (unpaired) electrons. The quantitative estimate of drug-likeness (QED) is 0.796. The number of hydrogen-bond acceptors (Lipinski definition) is 3. The van der Waals surface area contributed by atoms with E-state index in [0.717, 1.165) is 12.8 Å². The zero-order valence-electron chi connectivity index (χ0n) is 8.61. The molecule has 1 N–H and O–H groups in total. The van der Waals surface area contributed by atoms with Crippen LogP contribution in [0.2, 0.25) is 0 Å². The molecule has 0 bridgehead atoms. The van der Waals surface area contributed by atoms with Crippen molar-refractivity contribution in [1.82, 2.24) is 9.55 Å². The van der Waals surface area contributed by atoms with Gasteiger partial charge in [0.05, 0.1) is 0 Å². The Morgan fingerprint density at radius 3 is 3.07 bits per heavy atom. The predicted octanol–water partition coefficient (Wildman–Crippen LogP) is 1.62. The molecule has 1 aliphatic carbocycles. The van der Waals surface area contributed by atoms with Crippen LogP contribution in [0.4, 0.5) is 5.82 Å². The highest BCUT2D eigenvalue weighted by molar-refractivity contribution is 6.20. The Bertz CT molecular complexity index is 398. The number of rotatable bonds is 4. The molecule has 2 rings (SSSR count). The summed E-state index contributed by atoms with van der Waals surface area (Å²) in [4.78, 5) is 15.9. The lowest BCUT2D eigenvalue weighted by Gasteiger charge is -2.08. The molecule has 1 aromatic heterocycles. The minimum absolute atomic E-state index is 0.0132. The molecule has 1 heterocycles. The third-order valence-electron chi connectivity index (χ3n) is 2.36. The minimum Gasteiger partial charge on any atom is -0.364 e. The van der Waals surface area contributed by atoms with E-state index in [0.29, 0.717) is 18.4 Å². The van der Waals surface area contributed by atoms with Crippen molar-refractivity contribution in [2.24, 2.45) is 0 Å². The first kappa shape index (κ1) is 10.5. The molecule has 1 fully saturated rings. The summed E-state index contributed by atoms with van der Waals surface area (Å²) in [5.41, 5.74) is -0.0442. The lowest BCUT2D eigenvalue weighted by atomic mass is 10.4.